The van der Waals surface area contributed by atoms with Crippen molar-refractivity contribution in [2.24, 2.45) is 0 Å². The Labute approximate surface area is 177 Å². The fourth-order valence-electron chi connectivity index (χ4n) is 2.81. The van der Waals surface area contributed by atoms with Crippen LogP contribution in [0.4, 0.5) is 0 Å². The van der Waals surface area contributed by atoms with E-state index in [1.807, 2.05) is 26.8 Å². The maximum absolute atomic E-state index is 12.5. The number of esters is 1. The number of allylic oxidation sites excluding steroid dienone is 3. The summed E-state index contributed by atoms with van der Waals surface area (Å²) in [5, 5.41) is 0.458. The smallest absolute Gasteiger partial charge is 0.383 e. The Hall–Kier alpha value is -3.02. The molecule has 1 aromatic heterocycles. The molecule has 2 rings (SSSR count). The molecule has 0 fully saturated rings. The van der Waals surface area contributed by atoms with Crippen LogP contribution >= 0.6 is 0 Å². The first kappa shape index (κ1) is 23.3. The molecule has 0 aliphatic rings. The lowest BCUT2D eigenvalue weighted by molar-refractivity contribution is -0.131. The molecule has 1 aromatic carbocycles. The van der Waals surface area contributed by atoms with Gasteiger partial charge in [0.25, 0.3) is 0 Å². The molecule has 0 bridgehead atoms. The zero-order valence-corrected chi connectivity index (χ0v) is 18.5. The summed E-state index contributed by atoms with van der Waals surface area (Å²) in [5.74, 6) is -0.0651. The fraction of sp³-hybridized carbons (Fsp3) is 0.417. The highest BCUT2D eigenvalue weighted by Gasteiger charge is 2.20. The summed E-state index contributed by atoms with van der Waals surface area (Å²) in [6.45, 7) is 11.4. The Bertz CT molecular complexity index is 1010. The quantitative estimate of drug-likeness (QED) is 0.303. The molecule has 0 N–H and O–H groups in total. The van der Waals surface area contributed by atoms with Gasteiger partial charge in [0.2, 0.25) is 5.75 Å². The van der Waals surface area contributed by atoms with Crippen molar-refractivity contribution in [2.75, 3.05) is 6.61 Å². The molecule has 0 atom stereocenters. The lowest BCUT2D eigenvalue weighted by atomic mass is 10.1. The van der Waals surface area contributed by atoms with Crippen molar-refractivity contribution in [3.63, 3.8) is 0 Å². The number of ether oxygens (including phenoxy) is 3. The van der Waals surface area contributed by atoms with Crippen LogP contribution in [0.1, 0.15) is 54.4 Å². The number of hydrogen-bond acceptors (Lipinski definition) is 6. The van der Waals surface area contributed by atoms with E-state index in [0.29, 0.717) is 11.1 Å². The molecule has 162 valence electrons. The van der Waals surface area contributed by atoms with Gasteiger partial charge in [0.15, 0.2) is 5.75 Å². The summed E-state index contributed by atoms with van der Waals surface area (Å²) in [7, 11) is 0. The summed E-state index contributed by atoms with van der Waals surface area (Å²) < 4.78 is 22.0. The van der Waals surface area contributed by atoms with Crippen molar-refractivity contribution in [3.05, 3.63) is 51.9 Å². The maximum atomic E-state index is 12.5. The van der Waals surface area contributed by atoms with E-state index < -0.39 is 11.6 Å². The van der Waals surface area contributed by atoms with Crippen LogP contribution in [-0.4, -0.2) is 18.7 Å². The topological polar surface area (TPSA) is 75.0 Å². The van der Waals surface area contributed by atoms with Crippen LogP contribution in [0.25, 0.3) is 11.0 Å². The SMILES string of the molecule is CC(=O)Oc1c(OCC=C(C)CCC=C(C)C)c(=O)oc2cc(OC(C)C)ccc12. The van der Waals surface area contributed by atoms with Crippen molar-refractivity contribution < 1.29 is 23.4 Å². The Morgan fingerprint density at radius 2 is 1.83 bits per heavy atom. The highest BCUT2D eigenvalue weighted by molar-refractivity contribution is 5.89. The van der Waals surface area contributed by atoms with Crippen LogP contribution in [0, 0.1) is 0 Å². The van der Waals surface area contributed by atoms with Gasteiger partial charge in [-0.25, -0.2) is 4.79 Å². The molecular formula is C24H30O6. The molecular weight excluding hydrogens is 384 g/mol. The first-order valence-electron chi connectivity index (χ1n) is 10.0. The van der Waals surface area contributed by atoms with Gasteiger partial charge in [-0.3, -0.25) is 4.79 Å². The summed E-state index contributed by atoms with van der Waals surface area (Å²) in [6.07, 6.45) is 5.89. The summed E-state index contributed by atoms with van der Waals surface area (Å²) >= 11 is 0. The van der Waals surface area contributed by atoms with E-state index in [9.17, 15) is 9.59 Å². The first-order chi connectivity index (χ1) is 14.2. The van der Waals surface area contributed by atoms with Gasteiger partial charge in [0, 0.05) is 13.0 Å². The van der Waals surface area contributed by atoms with Crippen LogP contribution in [0.5, 0.6) is 17.2 Å². The Morgan fingerprint density at radius 1 is 1.10 bits per heavy atom. The third-order valence-corrected chi connectivity index (χ3v) is 4.16. The average Bonchev–Trinajstić information content (AvgIpc) is 2.62. The second-order valence-corrected chi connectivity index (χ2v) is 7.65. The lowest BCUT2D eigenvalue weighted by Gasteiger charge is -2.13. The molecule has 0 amide bonds. The van der Waals surface area contributed by atoms with Gasteiger partial charge in [0.1, 0.15) is 17.9 Å². The van der Waals surface area contributed by atoms with Gasteiger partial charge in [-0.2, -0.15) is 0 Å². The Morgan fingerprint density at radius 3 is 2.47 bits per heavy atom. The molecule has 1 heterocycles. The monoisotopic (exact) mass is 414 g/mol. The number of fused-ring (bicyclic) bond motifs is 1. The van der Waals surface area contributed by atoms with Crippen molar-refractivity contribution >= 4 is 16.9 Å². The van der Waals surface area contributed by atoms with Crippen LogP contribution in [0.2, 0.25) is 0 Å². The van der Waals surface area contributed by atoms with Gasteiger partial charge in [0.05, 0.1) is 11.5 Å². The number of rotatable bonds is 9. The molecule has 6 heteroatoms. The van der Waals surface area contributed by atoms with Gasteiger partial charge >= 0.3 is 11.6 Å². The van der Waals surface area contributed by atoms with Gasteiger partial charge in [-0.1, -0.05) is 17.2 Å². The Balaban J connectivity index is 2.31. The minimum Gasteiger partial charge on any atom is -0.491 e. The van der Waals surface area contributed by atoms with Gasteiger partial charge < -0.3 is 18.6 Å². The average molecular weight is 414 g/mol. The van der Waals surface area contributed by atoms with Crippen LogP contribution in [0.15, 0.2) is 50.7 Å². The molecule has 2 aromatic rings. The largest absolute Gasteiger partial charge is 0.491 e. The highest BCUT2D eigenvalue weighted by Crippen LogP contribution is 2.35. The molecule has 6 nitrogen and oxygen atoms in total. The zero-order chi connectivity index (χ0) is 22.3. The minimum atomic E-state index is -0.712. The number of hydrogen-bond donors (Lipinski definition) is 0. The van der Waals surface area contributed by atoms with Crippen molar-refractivity contribution in [3.8, 4) is 17.2 Å². The predicted octanol–water partition coefficient (Wildman–Crippen LogP) is 5.58. The molecule has 0 aliphatic carbocycles. The summed E-state index contributed by atoms with van der Waals surface area (Å²) in [4.78, 5) is 24.2. The van der Waals surface area contributed by atoms with E-state index in [4.69, 9.17) is 18.6 Å². The number of carbonyl (C=O) groups is 1. The normalized spacial score (nSPS) is 11.5. The van der Waals surface area contributed by atoms with E-state index in [1.165, 1.54) is 12.5 Å². The fourth-order valence-corrected chi connectivity index (χ4v) is 2.81. The van der Waals surface area contributed by atoms with E-state index in [2.05, 4.69) is 19.9 Å². The van der Waals surface area contributed by atoms with Crippen LogP contribution in [0.3, 0.4) is 0 Å². The molecule has 0 spiro atoms. The molecule has 30 heavy (non-hydrogen) atoms. The Kier molecular flexibility index (Phi) is 8.27. The molecule has 0 saturated heterocycles. The van der Waals surface area contributed by atoms with E-state index >= 15 is 0 Å². The highest BCUT2D eigenvalue weighted by atomic mass is 16.6. The zero-order valence-electron chi connectivity index (χ0n) is 18.5. The van der Waals surface area contributed by atoms with E-state index in [-0.39, 0.29) is 29.8 Å². The van der Waals surface area contributed by atoms with Crippen molar-refractivity contribution in [2.45, 2.75) is 60.5 Å². The number of benzene rings is 1. The molecule has 0 unspecified atom stereocenters. The third kappa shape index (κ3) is 6.79. The van der Waals surface area contributed by atoms with Crippen LogP contribution < -0.4 is 19.8 Å². The second kappa shape index (κ2) is 10.7. The third-order valence-electron chi connectivity index (χ3n) is 4.16. The van der Waals surface area contributed by atoms with E-state index in [1.54, 1.807) is 18.2 Å². The standard InChI is InChI=1S/C24H30O6/c1-15(2)8-7-9-17(5)12-13-27-23-22(29-18(6)25)20-11-10-19(28-16(3)4)14-21(20)30-24(23)26/h8,10-12,14,16H,7,9,13H2,1-6H3. The van der Waals surface area contributed by atoms with Gasteiger partial charge in [-0.15, -0.1) is 0 Å². The minimum absolute atomic E-state index is 0.0310. The van der Waals surface area contributed by atoms with Crippen LogP contribution in [-0.2, 0) is 4.79 Å². The summed E-state index contributed by atoms with van der Waals surface area (Å²) in [5.41, 5.74) is 1.97. The maximum Gasteiger partial charge on any atom is 0.383 e. The number of carbonyl (C=O) groups excluding carboxylic acids is 1. The van der Waals surface area contributed by atoms with Gasteiger partial charge in [-0.05, 0) is 65.7 Å². The van der Waals surface area contributed by atoms with Crippen molar-refractivity contribution in [1.82, 2.24) is 0 Å². The second-order valence-electron chi connectivity index (χ2n) is 7.65. The predicted molar refractivity (Wildman–Crippen MR) is 117 cm³/mol. The summed E-state index contributed by atoms with van der Waals surface area (Å²) in [6, 6.07) is 5.01. The molecule has 0 radical (unpaired) electrons. The lowest BCUT2D eigenvalue weighted by Crippen LogP contribution is -2.13. The molecule has 0 saturated carbocycles. The molecule has 0 aliphatic heterocycles. The van der Waals surface area contributed by atoms with Crippen molar-refractivity contribution in [1.29, 1.82) is 0 Å². The first-order valence-corrected chi connectivity index (χ1v) is 10.0. The van der Waals surface area contributed by atoms with E-state index in [0.717, 1.165) is 18.4 Å².